The molecule has 0 fully saturated rings. The molecule has 4 amide bonds. The minimum atomic E-state index is -0.711. The number of benzene rings is 2. The van der Waals surface area contributed by atoms with Crippen LogP contribution in [0.25, 0.3) is 6.08 Å². The fourth-order valence-electron chi connectivity index (χ4n) is 6.98. The van der Waals surface area contributed by atoms with Gasteiger partial charge in [-0.3, -0.25) is 29.0 Å². The number of carbonyl (C=O) groups is 5. The van der Waals surface area contributed by atoms with Crippen LogP contribution in [0.1, 0.15) is 63.0 Å². The van der Waals surface area contributed by atoms with Gasteiger partial charge in [0.15, 0.2) is 0 Å². The number of aliphatic hydroxyl groups is 1. The highest BCUT2D eigenvalue weighted by Gasteiger charge is 2.33. The first-order chi connectivity index (χ1) is 30.1. The van der Waals surface area contributed by atoms with E-state index in [1.54, 1.807) is 57.1 Å². The van der Waals surface area contributed by atoms with Crippen molar-refractivity contribution in [2.24, 2.45) is 0 Å². The number of amides is 4. The lowest BCUT2D eigenvalue weighted by atomic mass is 10.2. The normalized spacial score (nSPS) is 16.2. The Morgan fingerprint density at radius 3 is 1.73 bits per heavy atom. The fraction of sp³-hybridized carbons (Fsp3) is 0.310. The Labute approximate surface area is 355 Å². The minimum Gasteiger partial charge on any atom is -0.392 e. The van der Waals surface area contributed by atoms with Crippen LogP contribution >= 0.6 is 0 Å². The summed E-state index contributed by atoms with van der Waals surface area (Å²) in [4.78, 5) is 72.8. The number of aryl methyl sites for hydroxylation is 3. The number of nitrogens with one attached hydrogen (secondary N) is 2. The van der Waals surface area contributed by atoms with E-state index >= 15 is 0 Å². The molecule has 8 rings (SSSR count). The molecule has 62 heavy (non-hydrogen) atoms. The van der Waals surface area contributed by atoms with Crippen molar-refractivity contribution in [3.63, 3.8) is 0 Å². The van der Waals surface area contributed by atoms with Crippen molar-refractivity contribution in [2.75, 3.05) is 30.5 Å². The number of likely N-dealkylation sites (N-methyl/N-ethyl adjacent to an activating group) is 2. The summed E-state index contributed by atoms with van der Waals surface area (Å²) in [5, 5.41) is 31.8. The van der Waals surface area contributed by atoms with E-state index < -0.39 is 23.9 Å². The summed E-state index contributed by atoms with van der Waals surface area (Å²) in [6.07, 6.45) is 8.81. The first-order valence-corrected chi connectivity index (χ1v) is 20.0. The number of anilines is 2. The first-order valence-electron chi connectivity index (χ1n) is 20.0. The molecule has 0 saturated heterocycles. The van der Waals surface area contributed by atoms with Gasteiger partial charge in [-0.2, -0.15) is 10.2 Å². The molecule has 4 aromatic heterocycles. The Morgan fingerprint density at radius 2 is 1.23 bits per heavy atom. The lowest BCUT2D eigenvalue weighted by Gasteiger charge is -2.19. The Bertz CT molecular complexity index is 2540. The molecular formula is C42H46N14O6. The predicted molar refractivity (Wildman–Crippen MR) is 225 cm³/mol. The standard InChI is InChI=1S/2C21H23N7O3/c2*1-26-18-12-16(8-5-11-29)24-28(18)10-9-17(21(26)31)23-20(30)19-22-14-27(25-19)13-15-6-3-2-4-7-15/h2-4,6-7,11-12,14,17H,5,8-10,13H2,1H3,(H,23,30);2-8,12,14,17,29H,9-11,13H2,1H3,(H,23,30)/b;8-5+. The lowest BCUT2D eigenvalue weighted by molar-refractivity contribution is -0.120. The van der Waals surface area contributed by atoms with Crippen LogP contribution in [0, 0.1) is 0 Å². The SMILES string of the molecule is CN1C(=O)C(NC(=O)c2ncn(Cc3ccccc3)n2)CCn2nc(/C=C/CO)cc21.CN1C(=O)C(NC(=O)c2ncn(Cc3ccccc3)n2)CCn2nc(CCC=O)cc21. The molecule has 20 nitrogen and oxygen atoms in total. The zero-order valence-corrected chi connectivity index (χ0v) is 34.2. The van der Waals surface area contributed by atoms with E-state index in [9.17, 15) is 24.0 Å². The van der Waals surface area contributed by atoms with E-state index in [0.29, 0.717) is 69.2 Å². The molecule has 0 bridgehead atoms. The Morgan fingerprint density at radius 1 is 0.726 bits per heavy atom. The summed E-state index contributed by atoms with van der Waals surface area (Å²) < 4.78 is 6.62. The highest BCUT2D eigenvalue weighted by atomic mass is 16.2. The molecule has 2 atom stereocenters. The van der Waals surface area contributed by atoms with E-state index in [1.165, 1.54) is 22.5 Å². The number of aromatic nitrogens is 10. The van der Waals surface area contributed by atoms with Gasteiger partial charge < -0.3 is 20.5 Å². The molecule has 20 heteroatoms. The van der Waals surface area contributed by atoms with Gasteiger partial charge in [0.25, 0.3) is 23.6 Å². The third kappa shape index (κ3) is 10.2. The maximum Gasteiger partial charge on any atom is 0.291 e. The largest absolute Gasteiger partial charge is 0.392 e. The second kappa shape index (κ2) is 19.6. The zero-order chi connectivity index (χ0) is 43.6. The number of nitrogens with zero attached hydrogens (tertiary/aromatic N) is 12. The van der Waals surface area contributed by atoms with Crippen molar-refractivity contribution >= 4 is 47.6 Å². The Hall–Kier alpha value is -7.61. The number of hydrogen-bond acceptors (Lipinski definition) is 12. The van der Waals surface area contributed by atoms with E-state index in [4.69, 9.17) is 5.11 Å². The number of aldehydes is 1. The average molecular weight is 843 g/mol. The molecule has 0 saturated carbocycles. The maximum atomic E-state index is 12.9. The molecular weight excluding hydrogens is 797 g/mol. The predicted octanol–water partition coefficient (Wildman–Crippen LogP) is 1.51. The first kappa shape index (κ1) is 42.5. The third-order valence-electron chi connectivity index (χ3n) is 10.2. The average Bonchev–Trinajstić information content (AvgIpc) is 4.10. The number of fused-ring (bicyclic) bond motifs is 2. The van der Waals surface area contributed by atoms with Gasteiger partial charge in [-0.25, -0.2) is 28.7 Å². The molecule has 2 unspecified atom stereocenters. The van der Waals surface area contributed by atoms with Crippen molar-refractivity contribution in [1.82, 2.24) is 59.7 Å². The van der Waals surface area contributed by atoms with Crippen LogP contribution < -0.4 is 20.4 Å². The van der Waals surface area contributed by atoms with Gasteiger partial charge >= 0.3 is 0 Å². The molecule has 0 spiro atoms. The zero-order valence-electron chi connectivity index (χ0n) is 34.2. The van der Waals surface area contributed by atoms with Crippen LogP contribution in [-0.4, -0.2) is 117 Å². The number of rotatable bonds is 13. The van der Waals surface area contributed by atoms with E-state index in [-0.39, 0.29) is 30.1 Å². The van der Waals surface area contributed by atoms with Gasteiger partial charge in [-0.1, -0.05) is 66.7 Å². The lowest BCUT2D eigenvalue weighted by Crippen LogP contribution is -2.47. The Kier molecular flexibility index (Phi) is 13.5. The quantitative estimate of drug-likeness (QED) is 0.141. The van der Waals surface area contributed by atoms with Crippen molar-refractivity contribution in [2.45, 2.75) is 63.9 Å². The molecule has 0 aliphatic carbocycles. The fourth-order valence-corrected chi connectivity index (χ4v) is 6.98. The van der Waals surface area contributed by atoms with E-state index in [2.05, 4.69) is 41.0 Å². The van der Waals surface area contributed by atoms with Gasteiger partial charge in [0, 0.05) is 45.7 Å². The van der Waals surface area contributed by atoms with Crippen LogP contribution in [0.15, 0.2) is 91.5 Å². The molecule has 6 aromatic rings. The molecule has 2 aromatic carbocycles. The van der Waals surface area contributed by atoms with Crippen LogP contribution in [0.5, 0.6) is 0 Å². The van der Waals surface area contributed by atoms with Crippen molar-refractivity contribution < 1.29 is 29.1 Å². The summed E-state index contributed by atoms with van der Waals surface area (Å²) in [5.74, 6) is -0.160. The highest BCUT2D eigenvalue weighted by Crippen LogP contribution is 2.23. The van der Waals surface area contributed by atoms with Gasteiger partial charge in [-0.05, 0) is 36.5 Å². The summed E-state index contributed by atoms with van der Waals surface area (Å²) in [6.45, 7) is 1.84. The van der Waals surface area contributed by atoms with Gasteiger partial charge in [0.2, 0.25) is 11.6 Å². The molecule has 6 heterocycles. The van der Waals surface area contributed by atoms with E-state index in [0.717, 1.165) is 23.1 Å². The summed E-state index contributed by atoms with van der Waals surface area (Å²) in [6, 6.07) is 21.6. The van der Waals surface area contributed by atoms with Crippen LogP contribution in [0.2, 0.25) is 0 Å². The second-order valence-electron chi connectivity index (χ2n) is 14.6. The van der Waals surface area contributed by atoms with Gasteiger partial charge in [0.05, 0.1) is 31.1 Å². The van der Waals surface area contributed by atoms with Gasteiger partial charge in [-0.15, -0.1) is 10.2 Å². The summed E-state index contributed by atoms with van der Waals surface area (Å²) >= 11 is 0. The summed E-state index contributed by atoms with van der Waals surface area (Å²) in [7, 11) is 3.29. The molecule has 320 valence electrons. The van der Waals surface area contributed by atoms with Crippen molar-refractivity contribution in [3.05, 3.63) is 126 Å². The van der Waals surface area contributed by atoms with Crippen LogP contribution in [0.4, 0.5) is 11.6 Å². The topological polar surface area (TPSA) is 233 Å². The second-order valence-corrected chi connectivity index (χ2v) is 14.6. The Balaban J connectivity index is 0.000000186. The monoisotopic (exact) mass is 842 g/mol. The molecule has 0 radical (unpaired) electrons. The maximum absolute atomic E-state index is 12.9. The van der Waals surface area contributed by atoms with Crippen molar-refractivity contribution in [3.8, 4) is 0 Å². The highest BCUT2D eigenvalue weighted by molar-refractivity contribution is 6.01. The smallest absolute Gasteiger partial charge is 0.291 e. The molecule has 2 aliphatic heterocycles. The number of hydrogen-bond donors (Lipinski definition) is 3. The minimum absolute atomic E-state index is 0.0181. The molecule has 3 N–H and O–H groups in total. The van der Waals surface area contributed by atoms with E-state index in [1.807, 2.05) is 60.7 Å². The van der Waals surface area contributed by atoms with Gasteiger partial charge in [0.1, 0.15) is 42.7 Å². The number of carbonyl (C=O) groups excluding carboxylic acids is 5. The number of aliphatic hydroxyl groups excluding tert-OH is 1. The van der Waals surface area contributed by atoms with Crippen LogP contribution in [0.3, 0.4) is 0 Å². The van der Waals surface area contributed by atoms with Crippen LogP contribution in [-0.2, 0) is 47.0 Å². The van der Waals surface area contributed by atoms with Crippen molar-refractivity contribution in [1.29, 1.82) is 0 Å². The third-order valence-corrected chi connectivity index (χ3v) is 10.2. The summed E-state index contributed by atoms with van der Waals surface area (Å²) in [5.41, 5.74) is 3.50. The molecule has 2 aliphatic rings.